The molecule has 0 radical (unpaired) electrons. The van der Waals surface area contributed by atoms with Crippen molar-refractivity contribution < 1.29 is 14.6 Å². The molecule has 1 amide bonds. The Bertz CT molecular complexity index is 1480. The van der Waals surface area contributed by atoms with E-state index in [0.29, 0.717) is 17.3 Å². The van der Waals surface area contributed by atoms with Crippen LogP contribution in [0.5, 0.6) is 5.75 Å². The molecule has 3 aromatic heterocycles. The summed E-state index contributed by atoms with van der Waals surface area (Å²) in [5.41, 5.74) is 3.65. The van der Waals surface area contributed by atoms with Crippen LogP contribution in [0.4, 0.5) is 4.79 Å². The summed E-state index contributed by atoms with van der Waals surface area (Å²) in [6.45, 7) is 0.137. The molecule has 0 saturated carbocycles. The molecule has 8 heteroatoms. The molecule has 0 aliphatic carbocycles. The first-order chi connectivity index (χ1) is 16.6. The molecule has 5 aromatic rings. The van der Waals surface area contributed by atoms with Crippen molar-refractivity contribution in [3.63, 3.8) is 0 Å². The fraction of sp³-hybridized carbons (Fsp3) is 0.115. The number of carbonyl (C=O) groups is 1. The zero-order valence-corrected chi connectivity index (χ0v) is 18.8. The van der Waals surface area contributed by atoms with Crippen LogP contribution >= 0.6 is 11.6 Å². The monoisotopic (exact) mass is 472 g/mol. The molecule has 0 aliphatic heterocycles. The number of hydrogen-bond acceptors (Lipinski definition) is 4. The third-order valence-corrected chi connectivity index (χ3v) is 5.99. The quantitative estimate of drug-likeness (QED) is 0.264. The number of fused-ring (bicyclic) bond motifs is 2. The van der Waals surface area contributed by atoms with Gasteiger partial charge in [-0.15, -0.1) is 0 Å². The van der Waals surface area contributed by atoms with Gasteiger partial charge in [0.05, 0.1) is 12.2 Å². The normalized spacial score (nSPS) is 12.0. The van der Waals surface area contributed by atoms with Gasteiger partial charge in [-0.3, -0.25) is 4.98 Å². The zero-order chi connectivity index (χ0) is 23.5. The maximum atomic E-state index is 11.4. The second kappa shape index (κ2) is 9.41. The van der Waals surface area contributed by atoms with Crippen molar-refractivity contribution in [1.29, 1.82) is 0 Å². The van der Waals surface area contributed by atoms with Crippen LogP contribution in [0.25, 0.3) is 32.8 Å². The Morgan fingerprint density at radius 1 is 1.12 bits per heavy atom. The number of H-pyrrole nitrogens is 1. The number of rotatable bonds is 7. The van der Waals surface area contributed by atoms with Crippen molar-refractivity contribution in [1.82, 2.24) is 20.3 Å². The van der Waals surface area contributed by atoms with Crippen molar-refractivity contribution in [3.05, 3.63) is 90.1 Å². The van der Waals surface area contributed by atoms with Crippen molar-refractivity contribution in [2.75, 3.05) is 6.61 Å². The van der Waals surface area contributed by atoms with Crippen LogP contribution in [0.15, 0.2) is 79.4 Å². The van der Waals surface area contributed by atoms with E-state index in [-0.39, 0.29) is 6.61 Å². The summed E-state index contributed by atoms with van der Waals surface area (Å²) in [4.78, 5) is 23.0. The van der Waals surface area contributed by atoms with Gasteiger partial charge in [0.2, 0.25) is 0 Å². The van der Waals surface area contributed by atoms with E-state index in [1.165, 1.54) is 0 Å². The Labute approximate surface area is 200 Å². The lowest BCUT2D eigenvalue weighted by molar-refractivity contribution is 0.181. The van der Waals surface area contributed by atoms with E-state index in [1.807, 2.05) is 67.0 Å². The number of ether oxygens (including phenoxy) is 1. The van der Waals surface area contributed by atoms with Crippen molar-refractivity contribution >= 4 is 39.4 Å². The second-order valence-electron chi connectivity index (χ2n) is 7.97. The van der Waals surface area contributed by atoms with Gasteiger partial charge in [-0.2, -0.15) is 0 Å². The number of para-hydroxylation sites is 1. The van der Waals surface area contributed by atoms with Gasteiger partial charge in [0.15, 0.2) is 0 Å². The maximum Gasteiger partial charge on any atom is 0.405 e. The first kappa shape index (κ1) is 21.7. The Balaban J connectivity index is 1.36. The molecular formula is C26H21ClN4O3. The highest BCUT2D eigenvalue weighted by Crippen LogP contribution is 2.31. The number of amides is 1. The topological polar surface area (TPSA) is 100 Å². The third-order valence-electron chi connectivity index (χ3n) is 5.69. The fourth-order valence-electron chi connectivity index (χ4n) is 4.05. The van der Waals surface area contributed by atoms with E-state index >= 15 is 0 Å². The standard InChI is InChI=1S/C26H21ClN4O3/c27-25-23(17-5-6-18-12-28-8-7-16(18)9-17)11-21(14-30-25)34-15-20(31-26(32)33)10-19-13-29-24-4-2-1-3-22(19)24/h1-9,11-14,20,29,31H,10,15H2,(H,32,33). The number of nitrogens with zero attached hydrogens (tertiary/aromatic N) is 2. The molecule has 0 saturated heterocycles. The molecule has 0 fully saturated rings. The van der Waals surface area contributed by atoms with Crippen molar-refractivity contribution in [3.8, 4) is 16.9 Å². The summed E-state index contributed by atoms with van der Waals surface area (Å²) in [5, 5.41) is 15.4. The van der Waals surface area contributed by atoms with Gasteiger partial charge in [0.25, 0.3) is 0 Å². The second-order valence-corrected chi connectivity index (χ2v) is 8.33. The van der Waals surface area contributed by atoms with E-state index in [1.54, 1.807) is 12.4 Å². The van der Waals surface area contributed by atoms with E-state index < -0.39 is 12.1 Å². The Hall–Kier alpha value is -4.10. The number of nitrogens with one attached hydrogen (secondary N) is 2. The molecule has 0 aliphatic rings. The molecule has 170 valence electrons. The lowest BCUT2D eigenvalue weighted by Gasteiger charge is -2.18. The minimum atomic E-state index is -1.10. The molecule has 1 unspecified atom stereocenters. The van der Waals surface area contributed by atoms with Crippen LogP contribution in [0, 0.1) is 0 Å². The number of aromatic amines is 1. The van der Waals surface area contributed by atoms with Gasteiger partial charge in [-0.05, 0) is 47.2 Å². The van der Waals surface area contributed by atoms with Gasteiger partial charge < -0.3 is 20.1 Å². The largest absolute Gasteiger partial charge is 0.490 e. The highest BCUT2D eigenvalue weighted by molar-refractivity contribution is 6.32. The van der Waals surface area contributed by atoms with Crippen LogP contribution in [0.3, 0.4) is 0 Å². The van der Waals surface area contributed by atoms with Gasteiger partial charge >= 0.3 is 6.09 Å². The van der Waals surface area contributed by atoms with Gasteiger partial charge in [-0.1, -0.05) is 41.9 Å². The Morgan fingerprint density at radius 2 is 2.00 bits per heavy atom. The van der Waals surface area contributed by atoms with Crippen molar-refractivity contribution in [2.24, 2.45) is 0 Å². The summed E-state index contributed by atoms with van der Waals surface area (Å²) in [7, 11) is 0. The summed E-state index contributed by atoms with van der Waals surface area (Å²) >= 11 is 6.39. The van der Waals surface area contributed by atoms with Crippen LogP contribution in [-0.4, -0.2) is 38.8 Å². The van der Waals surface area contributed by atoms with E-state index in [0.717, 1.165) is 38.4 Å². The molecule has 7 nitrogen and oxygen atoms in total. The minimum absolute atomic E-state index is 0.137. The highest BCUT2D eigenvalue weighted by atomic mass is 35.5. The Morgan fingerprint density at radius 3 is 2.88 bits per heavy atom. The molecule has 0 bridgehead atoms. The smallest absolute Gasteiger partial charge is 0.405 e. The van der Waals surface area contributed by atoms with Crippen LogP contribution < -0.4 is 10.1 Å². The minimum Gasteiger partial charge on any atom is -0.490 e. The SMILES string of the molecule is O=C(O)NC(COc1cnc(Cl)c(-c2ccc3cnccc3c2)c1)Cc1c[nH]c2ccccc12. The molecule has 1 atom stereocenters. The molecule has 3 N–H and O–H groups in total. The fourth-order valence-corrected chi connectivity index (χ4v) is 4.26. The predicted octanol–water partition coefficient (Wildman–Crippen LogP) is 5.69. The van der Waals surface area contributed by atoms with Crippen molar-refractivity contribution in [2.45, 2.75) is 12.5 Å². The summed E-state index contributed by atoms with van der Waals surface area (Å²) < 4.78 is 5.97. The number of carboxylic acid groups (broad SMARTS) is 1. The predicted molar refractivity (Wildman–Crippen MR) is 132 cm³/mol. The Kier molecular flexibility index (Phi) is 6.01. The summed E-state index contributed by atoms with van der Waals surface area (Å²) in [5.74, 6) is 0.505. The highest BCUT2D eigenvalue weighted by Gasteiger charge is 2.17. The molecule has 34 heavy (non-hydrogen) atoms. The zero-order valence-electron chi connectivity index (χ0n) is 18.0. The molecule has 2 aromatic carbocycles. The maximum absolute atomic E-state index is 11.4. The van der Waals surface area contributed by atoms with Crippen LogP contribution in [-0.2, 0) is 6.42 Å². The van der Waals surface area contributed by atoms with Crippen LogP contribution in [0.2, 0.25) is 5.15 Å². The lowest BCUT2D eigenvalue weighted by Crippen LogP contribution is -2.39. The van der Waals surface area contributed by atoms with E-state index in [2.05, 4.69) is 20.3 Å². The third kappa shape index (κ3) is 4.65. The van der Waals surface area contributed by atoms with E-state index in [4.69, 9.17) is 16.3 Å². The van der Waals surface area contributed by atoms with Gasteiger partial charge in [0.1, 0.15) is 17.5 Å². The first-order valence-electron chi connectivity index (χ1n) is 10.7. The van der Waals surface area contributed by atoms with E-state index in [9.17, 15) is 9.90 Å². The summed E-state index contributed by atoms with van der Waals surface area (Å²) in [6, 6.07) is 17.2. The summed E-state index contributed by atoms with van der Waals surface area (Å²) in [6.07, 6.45) is 6.37. The van der Waals surface area contributed by atoms with Gasteiger partial charge in [-0.25, -0.2) is 9.78 Å². The molecule has 3 heterocycles. The number of pyridine rings is 2. The average Bonchev–Trinajstić information content (AvgIpc) is 3.25. The molecular weight excluding hydrogens is 452 g/mol. The number of benzene rings is 2. The first-order valence-corrected chi connectivity index (χ1v) is 11.1. The number of halogens is 1. The average molecular weight is 473 g/mol. The molecule has 5 rings (SSSR count). The lowest BCUT2D eigenvalue weighted by atomic mass is 10.0. The molecule has 0 spiro atoms. The van der Waals surface area contributed by atoms with Crippen LogP contribution in [0.1, 0.15) is 5.56 Å². The number of aromatic nitrogens is 3. The number of hydrogen-bond donors (Lipinski definition) is 3. The van der Waals surface area contributed by atoms with Gasteiger partial charge in [0, 0.05) is 40.4 Å².